The molecule has 0 aliphatic heterocycles. The van der Waals surface area contributed by atoms with Gasteiger partial charge in [0, 0.05) is 13.6 Å². The molecule has 0 saturated carbocycles. The second-order valence-electron chi connectivity index (χ2n) is 4.71. The molecule has 3 aromatic rings. The number of benzene rings is 1. The molecule has 0 amide bonds. The first-order valence-electron chi connectivity index (χ1n) is 6.58. The Balaban J connectivity index is 1.77. The highest BCUT2D eigenvalue weighted by Gasteiger charge is 2.12. The average molecular weight is 347 g/mol. The maximum Gasteiger partial charge on any atom is 0.226 e. The average Bonchev–Trinajstić information content (AvgIpc) is 2.77. The van der Waals surface area contributed by atoms with Crippen molar-refractivity contribution in [2.75, 3.05) is 17.6 Å². The van der Waals surface area contributed by atoms with E-state index in [0.717, 1.165) is 13.0 Å². The second-order valence-corrected chi connectivity index (χ2v) is 5.42. The van der Waals surface area contributed by atoms with E-state index in [4.69, 9.17) is 5.73 Å². The third-order valence-electron chi connectivity index (χ3n) is 3.23. The van der Waals surface area contributed by atoms with Gasteiger partial charge < -0.3 is 15.6 Å². The largest absolute Gasteiger partial charge is 0.382 e. The molecule has 3 N–H and O–H groups in total. The lowest BCUT2D eigenvalue weighted by molar-refractivity contribution is 0.894. The highest BCUT2D eigenvalue weighted by atomic mass is 79.9. The van der Waals surface area contributed by atoms with Gasteiger partial charge in [-0.05, 0) is 27.9 Å². The van der Waals surface area contributed by atoms with Crippen LogP contribution in [0.3, 0.4) is 0 Å². The van der Waals surface area contributed by atoms with Crippen LogP contribution in [0.2, 0.25) is 0 Å². The first kappa shape index (κ1) is 13.8. The van der Waals surface area contributed by atoms with Crippen molar-refractivity contribution in [3.63, 3.8) is 0 Å². The predicted molar refractivity (Wildman–Crippen MR) is 87.1 cm³/mol. The molecule has 6 nitrogen and oxygen atoms in total. The van der Waals surface area contributed by atoms with E-state index in [1.165, 1.54) is 5.56 Å². The van der Waals surface area contributed by atoms with Crippen LogP contribution in [0.25, 0.3) is 11.2 Å². The molecule has 0 aliphatic carbocycles. The van der Waals surface area contributed by atoms with Gasteiger partial charge in [-0.2, -0.15) is 9.97 Å². The lowest BCUT2D eigenvalue weighted by atomic mass is 10.1. The van der Waals surface area contributed by atoms with Gasteiger partial charge in [-0.3, -0.25) is 0 Å². The number of rotatable bonds is 4. The van der Waals surface area contributed by atoms with Crippen LogP contribution >= 0.6 is 15.9 Å². The Morgan fingerprint density at radius 1 is 1.19 bits per heavy atom. The molecule has 0 aliphatic rings. The van der Waals surface area contributed by atoms with Gasteiger partial charge in [-0.25, -0.2) is 4.98 Å². The molecule has 0 fully saturated rings. The van der Waals surface area contributed by atoms with Crippen LogP contribution in [-0.2, 0) is 13.5 Å². The van der Waals surface area contributed by atoms with Crippen molar-refractivity contribution in [1.82, 2.24) is 19.5 Å². The third-order valence-corrected chi connectivity index (χ3v) is 3.94. The zero-order valence-electron chi connectivity index (χ0n) is 11.5. The van der Waals surface area contributed by atoms with E-state index in [2.05, 4.69) is 48.3 Å². The quantitative estimate of drug-likeness (QED) is 0.708. The van der Waals surface area contributed by atoms with Crippen molar-refractivity contribution in [3.8, 4) is 0 Å². The molecule has 3 rings (SSSR count). The minimum absolute atomic E-state index is 0.378. The van der Waals surface area contributed by atoms with E-state index in [1.54, 1.807) is 0 Å². The summed E-state index contributed by atoms with van der Waals surface area (Å²) in [5.41, 5.74) is 8.51. The van der Waals surface area contributed by atoms with Crippen molar-refractivity contribution in [2.45, 2.75) is 6.42 Å². The molecule has 0 saturated heterocycles. The molecule has 7 heteroatoms. The van der Waals surface area contributed by atoms with Crippen LogP contribution in [0.15, 0.2) is 35.1 Å². The van der Waals surface area contributed by atoms with Crippen molar-refractivity contribution < 1.29 is 0 Å². The lowest BCUT2D eigenvalue weighted by Crippen LogP contribution is -2.09. The van der Waals surface area contributed by atoms with Crippen molar-refractivity contribution >= 4 is 38.9 Å². The maximum absolute atomic E-state index is 5.93. The molecular formula is C14H15BrN6. The first-order chi connectivity index (χ1) is 10.1. The Hall–Kier alpha value is -2.15. The number of hydrogen-bond donors (Lipinski definition) is 2. The fourth-order valence-electron chi connectivity index (χ4n) is 2.10. The number of imidazole rings is 1. The highest BCUT2D eigenvalue weighted by Crippen LogP contribution is 2.22. The van der Waals surface area contributed by atoms with Crippen LogP contribution in [0.1, 0.15) is 5.56 Å². The van der Waals surface area contributed by atoms with Crippen molar-refractivity contribution in [2.24, 2.45) is 7.05 Å². The molecular weight excluding hydrogens is 332 g/mol. The number of nitrogen functional groups attached to an aromatic ring is 1. The summed E-state index contributed by atoms with van der Waals surface area (Å²) < 4.78 is 2.51. The van der Waals surface area contributed by atoms with E-state index < -0.39 is 0 Å². The molecule has 2 aromatic heterocycles. The molecule has 0 radical (unpaired) electrons. The fourth-order valence-corrected chi connectivity index (χ4v) is 2.44. The first-order valence-corrected chi connectivity index (χ1v) is 7.37. The zero-order valence-corrected chi connectivity index (χ0v) is 13.1. The molecule has 108 valence electrons. The van der Waals surface area contributed by atoms with E-state index in [9.17, 15) is 0 Å². The molecule has 0 bridgehead atoms. The number of nitrogens with zero attached hydrogens (tertiary/aromatic N) is 4. The van der Waals surface area contributed by atoms with Gasteiger partial charge in [0.15, 0.2) is 21.7 Å². The highest BCUT2D eigenvalue weighted by molar-refractivity contribution is 9.10. The fraction of sp³-hybridized carbons (Fsp3) is 0.214. The summed E-state index contributed by atoms with van der Waals surface area (Å²) in [5, 5.41) is 3.20. The summed E-state index contributed by atoms with van der Waals surface area (Å²) in [6, 6.07) is 10.3. The van der Waals surface area contributed by atoms with E-state index in [-0.39, 0.29) is 0 Å². The minimum atomic E-state index is 0.378. The molecule has 0 spiro atoms. The van der Waals surface area contributed by atoms with E-state index in [1.807, 2.05) is 29.8 Å². The van der Waals surface area contributed by atoms with E-state index >= 15 is 0 Å². The Morgan fingerprint density at radius 3 is 2.71 bits per heavy atom. The number of hydrogen-bond acceptors (Lipinski definition) is 5. The number of anilines is 2. The summed E-state index contributed by atoms with van der Waals surface area (Å²) in [5.74, 6) is 0.898. The van der Waals surface area contributed by atoms with Crippen LogP contribution in [0.5, 0.6) is 0 Å². The smallest absolute Gasteiger partial charge is 0.226 e. The summed E-state index contributed by atoms with van der Waals surface area (Å²) in [4.78, 5) is 13.0. The summed E-state index contributed by atoms with van der Waals surface area (Å²) in [7, 11) is 1.87. The number of nitrogens with two attached hydrogens (primary N) is 1. The number of halogens is 1. The van der Waals surface area contributed by atoms with Crippen LogP contribution < -0.4 is 11.1 Å². The van der Waals surface area contributed by atoms with Gasteiger partial charge in [-0.1, -0.05) is 30.3 Å². The molecule has 0 atom stereocenters. The molecule has 21 heavy (non-hydrogen) atoms. The Labute approximate surface area is 130 Å². The van der Waals surface area contributed by atoms with Crippen LogP contribution in [-0.4, -0.2) is 26.1 Å². The zero-order chi connectivity index (χ0) is 14.8. The Morgan fingerprint density at radius 2 is 1.95 bits per heavy atom. The van der Waals surface area contributed by atoms with Crippen molar-refractivity contribution in [1.29, 1.82) is 0 Å². The van der Waals surface area contributed by atoms with Crippen LogP contribution in [0, 0.1) is 0 Å². The molecule has 1 aromatic carbocycles. The predicted octanol–water partition coefficient (Wildman–Crippen LogP) is 2.36. The summed E-state index contributed by atoms with van der Waals surface area (Å²) >= 11 is 3.36. The Kier molecular flexibility index (Phi) is 3.74. The third kappa shape index (κ3) is 2.82. The summed E-state index contributed by atoms with van der Waals surface area (Å²) in [6.07, 6.45) is 0.900. The van der Waals surface area contributed by atoms with Gasteiger partial charge in [0.2, 0.25) is 5.95 Å². The number of aryl methyl sites for hydroxylation is 1. The number of fused-ring (bicyclic) bond motifs is 1. The molecule has 0 unspecified atom stereocenters. The minimum Gasteiger partial charge on any atom is -0.382 e. The van der Waals surface area contributed by atoms with Gasteiger partial charge in [0.05, 0.1) is 0 Å². The van der Waals surface area contributed by atoms with Gasteiger partial charge in [0.1, 0.15) is 0 Å². The van der Waals surface area contributed by atoms with Gasteiger partial charge in [-0.15, -0.1) is 0 Å². The summed E-state index contributed by atoms with van der Waals surface area (Å²) in [6.45, 7) is 0.744. The normalized spacial score (nSPS) is 11.0. The monoisotopic (exact) mass is 346 g/mol. The van der Waals surface area contributed by atoms with Gasteiger partial charge in [0.25, 0.3) is 0 Å². The molecule has 2 heterocycles. The SMILES string of the molecule is Cn1c(Br)nc2c(N)nc(NCCc3ccccc3)nc21. The number of nitrogens with one attached hydrogen (secondary N) is 1. The van der Waals surface area contributed by atoms with Crippen molar-refractivity contribution in [3.05, 3.63) is 40.6 Å². The lowest BCUT2D eigenvalue weighted by Gasteiger charge is -2.06. The Bertz CT molecular complexity index is 768. The second kappa shape index (κ2) is 5.69. The van der Waals surface area contributed by atoms with Gasteiger partial charge >= 0.3 is 0 Å². The van der Waals surface area contributed by atoms with Crippen LogP contribution in [0.4, 0.5) is 11.8 Å². The number of aromatic nitrogens is 4. The topological polar surface area (TPSA) is 81.7 Å². The maximum atomic E-state index is 5.93. The van der Waals surface area contributed by atoms with E-state index in [0.29, 0.717) is 27.7 Å². The standard InChI is InChI=1S/C14H15BrN6/c1-21-12-10(18-13(21)15)11(16)19-14(20-12)17-8-7-9-5-3-2-4-6-9/h2-6H,7-8H2,1H3,(H3,16,17,19,20).